The summed E-state index contributed by atoms with van der Waals surface area (Å²) in [6.45, 7) is 7.00. The molecule has 0 aliphatic heterocycles. The standard InChI is InChI=1S/C15H25N3O/c1-12(2)18(8-9-19-3)15-6-7-16-10-13(15)11-17-14-4-5-14/h6-7,10,12,14,17H,4-5,8-9,11H2,1-3H3. The van der Waals surface area contributed by atoms with Crippen molar-refractivity contribution in [2.45, 2.75) is 45.3 Å². The van der Waals surface area contributed by atoms with Gasteiger partial charge in [-0.3, -0.25) is 4.98 Å². The number of nitrogens with one attached hydrogen (secondary N) is 1. The molecule has 0 atom stereocenters. The number of ether oxygens (including phenoxy) is 1. The minimum Gasteiger partial charge on any atom is -0.383 e. The fourth-order valence-corrected chi connectivity index (χ4v) is 2.22. The van der Waals surface area contributed by atoms with Crippen molar-refractivity contribution in [2.75, 3.05) is 25.2 Å². The van der Waals surface area contributed by atoms with Crippen molar-refractivity contribution in [3.63, 3.8) is 0 Å². The molecule has 1 saturated carbocycles. The molecule has 1 aromatic rings. The summed E-state index contributed by atoms with van der Waals surface area (Å²) in [5.74, 6) is 0. The molecule has 1 N–H and O–H groups in total. The second kappa shape index (κ2) is 6.87. The summed E-state index contributed by atoms with van der Waals surface area (Å²) >= 11 is 0. The Kier molecular flexibility index (Phi) is 5.16. The average Bonchev–Trinajstić information content (AvgIpc) is 3.21. The van der Waals surface area contributed by atoms with Crippen molar-refractivity contribution in [3.05, 3.63) is 24.0 Å². The highest BCUT2D eigenvalue weighted by molar-refractivity contribution is 5.53. The van der Waals surface area contributed by atoms with Crippen LogP contribution in [0.3, 0.4) is 0 Å². The number of nitrogens with zero attached hydrogens (tertiary/aromatic N) is 2. The zero-order chi connectivity index (χ0) is 13.7. The first-order valence-electron chi connectivity index (χ1n) is 7.14. The second-order valence-electron chi connectivity index (χ2n) is 5.44. The summed E-state index contributed by atoms with van der Waals surface area (Å²) in [6, 6.07) is 3.29. The fraction of sp³-hybridized carbons (Fsp3) is 0.667. The van der Waals surface area contributed by atoms with Gasteiger partial charge in [0.2, 0.25) is 0 Å². The minimum absolute atomic E-state index is 0.456. The molecule has 0 saturated heterocycles. The molecule has 0 radical (unpaired) electrons. The fourth-order valence-electron chi connectivity index (χ4n) is 2.22. The average molecular weight is 263 g/mol. The first kappa shape index (κ1) is 14.3. The number of anilines is 1. The van der Waals surface area contributed by atoms with Crippen molar-refractivity contribution in [2.24, 2.45) is 0 Å². The van der Waals surface area contributed by atoms with Crippen molar-refractivity contribution >= 4 is 5.69 Å². The molecule has 0 spiro atoms. The Morgan fingerprint density at radius 2 is 2.26 bits per heavy atom. The van der Waals surface area contributed by atoms with Crippen LogP contribution in [0.15, 0.2) is 18.5 Å². The molecular weight excluding hydrogens is 238 g/mol. The van der Waals surface area contributed by atoms with Gasteiger partial charge in [-0.1, -0.05) is 0 Å². The molecule has 2 rings (SSSR count). The van der Waals surface area contributed by atoms with Gasteiger partial charge in [-0.2, -0.15) is 0 Å². The van der Waals surface area contributed by atoms with E-state index in [1.165, 1.54) is 24.1 Å². The van der Waals surface area contributed by atoms with Gasteiger partial charge < -0.3 is 15.0 Å². The van der Waals surface area contributed by atoms with Gasteiger partial charge in [0.15, 0.2) is 0 Å². The van der Waals surface area contributed by atoms with E-state index in [0.29, 0.717) is 6.04 Å². The number of methoxy groups -OCH3 is 1. The predicted molar refractivity (Wildman–Crippen MR) is 78.5 cm³/mol. The molecule has 0 bridgehead atoms. The Balaban J connectivity index is 2.09. The van der Waals surface area contributed by atoms with Gasteiger partial charge in [0.1, 0.15) is 0 Å². The van der Waals surface area contributed by atoms with E-state index in [9.17, 15) is 0 Å². The van der Waals surface area contributed by atoms with Crippen LogP contribution < -0.4 is 10.2 Å². The highest BCUT2D eigenvalue weighted by atomic mass is 16.5. The van der Waals surface area contributed by atoms with E-state index in [0.717, 1.165) is 25.7 Å². The van der Waals surface area contributed by atoms with Crippen LogP contribution in [0.5, 0.6) is 0 Å². The third-order valence-electron chi connectivity index (χ3n) is 3.51. The normalized spacial score (nSPS) is 14.9. The molecule has 1 aliphatic rings. The molecule has 19 heavy (non-hydrogen) atoms. The van der Waals surface area contributed by atoms with Crippen LogP contribution in [0, 0.1) is 0 Å². The Labute approximate surface area is 116 Å². The first-order chi connectivity index (χ1) is 9.22. The summed E-state index contributed by atoms with van der Waals surface area (Å²) < 4.78 is 5.22. The monoisotopic (exact) mass is 263 g/mol. The van der Waals surface area contributed by atoms with Gasteiger partial charge in [0, 0.05) is 55.9 Å². The van der Waals surface area contributed by atoms with Gasteiger partial charge in [-0.15, -0.1) is 0 Å². The third-order valence-corrected chi connectivity index (χ3v) is 3.51. The first-order valence-corrected chi connectivity index (χ1v) is 7.14. The van der Waals surface area contributed by atoms with Crippen LogP contribution in [0.1, 0.15) is 32.3 Å². The Morgan fingerprint density at radius 3 is 2.89 bits per heavy atom. The lowest BCUT2D eigenvalue weighted by Crippen LogP contribution is -2.35. The van der Waals surface area contributed by atoms with Crippen molar-refractivity contribution in [1.29, 1.82) is 0 Å². The van der Waals surface area contributed by atoms with Gasteiger partial charge in [-0.25, -0.2) is 0 Å². The van der Waals surface area contributed by atoms with E-state index in [2.05, 4.69) is 35.1 Å². The van der Waals surface area contributed by atoms with E-state index in [1.54, 1.807) is 7.11 Å². The lowest BCUT2D eigenvalue weighted by atomic mass is 10.1. The van der Waals surface area contributed by atoms with Gasteiger partial charge in [0.25, 0.3) is 0 Å². The zero-order valence-electron chi connectivity index (χ0n) is 12.2. The van der Waals surface area contributed by atoms with Crippen LogP contribution in [0.2, 0.25) is 0 Å². The molecular formula is C15H25N3O. The molecule has 4 heteroatoms. The van der Waals surface area contributed by atoms with E-state index in [-0.39, 0.29) is 0 Å². The molecule has 0 amide bonds. The topological polar surface area (TPSA) is 37.4 Å². The summed E-state index contributed by atoms with van der Waals surface area (Å²) in [5, 5.41) is 3.57. The van der Waals surface area contributed by atoms with E-state index < -0.39 is 0 Å². The zero-order valence-corrected chi connectivity index (χ0v) is 12.2. The SMILES string of the molecule is COCCN(c1ccncc1CNC1CC1)C(C)C. The highest BCUT2D eigenvalue weighted by Gasteiger charge is 2.21. The predicted octanol–water partition coefficient (Wildman–Crippen LogP) is 2.19. The number of aromatic nitrogens is 1. The van der Waals surface area contributed by atoms with Crippen LogP contribution in [0.4, 0.5) is 5.69 Å². The molecule has 1 fully saturated rings. The third kappa shape index (κ3) is 4.18. The van der Waals surface area contributed by atoms with Crippen molar-refractivity contribution in [3.8, 4) is 0 Å². The van der Waals surface area contributed by atoms with Crippen LogP contribution >= 0.6 is 0 Å². The van der Waals surface area contributed by atoms with E-state index in [1.807, 2.05) is 12.4 Å². The van der Waals surface area contributed by atoms with Crippen LogP contribution in [0.25, 0.3) is 0 Å². The van der Waals surface area contributed by atoms with Gasteiger partial charge >= 0.3 is 0 Å². The Bertz CT molecular complexity index is 391. The maximum atomic E-state index is 5.22. The van der Waals surface area contributed by atoms with Crippen LogP contribution in [-0.2, 0) is 11.3 Å². The summed E-state index contributed by atoms with van der Waals surface area (Å²) in [5.41, 5.74) is 2.55. The molecule has 0 aromatic carbocycles. The quantitative estimate of drug-likeness (QED) is 0.780. The number of rotatable bonds is 8. The van der Waals surface area contributed by atoms with E-state index in [4.69, 9.17) is 4.74 Å². The van der Waals surface area contributed by atoms with Gasteiger partial charge in [0.05, 0.1) is 6.61 Å². The maximum Gasteiger partial charge on any atom is 0.0637 e. The number of pyridine rings is 1. The molecule has 0 unspecified atom stereocenters. The minimum atomic E-state index is 0.456. The Morgan fingerprint density at radius 1 is 1.47 bits per heavy atom. The number of hydrogen-bond donors (Lipinski definition) is 1. The smallest absolute Gasteiger partial charge is 0.0637 e. The largest absolute Gasteiger partial charge is 0.383 e. The van der Waals surface area contributed by atoms with Gasteiger partial charge in [-0.05, 0) is 32.8 Å². The summed E-state index contributed by atoms with van der Waals surface area (Å²) in [7, 11) is 1.75. The molecule has 106 valence electrons. The second-order valence-corrected chi connectivity index (χ2v) is 5.44. The van der Waals surface area contributed by atoms with Crippen molar-refractivity contribution in [1.82, 2.24) is 10.3 Å². The summed E-state index contributed by atoms with van der Waals surface area (Å²) in [4.78, 5) is 6.65. The molecule has 1 aromatic heterocycles. The molecule has 1 heterocycles. The van der Waals surface area contributed by atoms with E-state index >= 15 is 0 Å². The summed E-state index contributed by atoms with van der Waals surface area (Å²) in [6.07, 6.45) is 6.48. The number of hydrogen-bond acceptors (Lipinski definition) is 4. The molecule has 4 nitrogen and oxygen atoms in total. The Hall–Kier alpha value is -1.13. The van der Waals surface area contributed by atoms with Crippen LogP contribution in [-0.4, -0.2) is 37.3 Å². The maximum absolute atomic E-state index is 5.22. The van der Waals surface area contributed by atoms with Crippen molar-refractivity contribution < 1.29 is 4.74 Å². The lowest BCUT2D eigenvalue weighted by Gasteiger charge is -2.30. The highest BCUT2D eigenvalue weighted by Crippen LogP contribution is 2.24. The molecule has 1 aliphatic carbocycles. The lowest BCUT2D eigenvalue weighted by molar-refractivity contribution is 0.203.